The molecule has 0 amide bonds. The topological polar surface area (TPSA) is 71.3 Å². The van der Waals surface area contributed by atoms with Gasteiger partial charge in [-0.1, -0.05) is 352 Å². The second-order valence-corrected chi connectivity index (χ2v) is 31.5. The summed E-state index contributed by atoms with van der Waals surface area (Å²) in [7, 11) is 0. The van der Waals surface area contributed by atoms with Gasteiger partial charge in [-0.15, -0.1) is 0 Å². The van der Waals surface area contributed by atoms with Gasteiger partial charge in [0.15, 0.2) is 11.6 Å². The van der Waals surface area contributed by atoms with Crippen molar-refractivity contribution in [1.29, 1.82) is 0 Å². The van der Waals surface area contributed by atoms with Crippen LogP contribution in [0.4, 0.5) is 0 Å². The molecule has 24 rings (SSSR count). The van der Waals surface area contributed by atoms with Gasteiger partial charge in [-0.25, -0.2) is 19.9 Å². The summed E-state index contributed by atoms with van der Waals surface area (Å²) in [5, 5.41) is 9.94. The third kappa shape index (κ3) is 12.9. The molecule has 0 fully saturated rings. The molecule has 0 radical (unpaired) electrons. The fourth-order valence-corrected chi connectivity index (χ4v) is 18.6. The van der Waals surface area contributed by atoms with Crippen LogP contribution in [0, 0.1) is 0 Å². The number of hydrogen-bond acceptors (Lipinski definition) is 4. The second-order valence-electron chi connectivity index (χ2n) is 31.5. The van der Waals surface area contributed by atoms with Crippen LogP contribution in [-0.4, -0.2) is 38.2 Å². The van der Waals surface area contributed by atoms with E-state index in [9.17, 15) is 0 Å². The van der Waals surface area contributed by atoms with Crippen molar-refractivity contribution in [1.82, 2.24) is 38.2 Å². The lowest BCUT2D eigenvalue weighted by molar-refractivity contribution is 1.18. The van der Waals surface area contributed by atoms with Crippen LogP contribution in [0.25, 0.3) is 222 Å². The molecule has 24 aromatic rings. The van der Waals surface area contributed by atoms with Gasteiger partial charge in [0.1, 0.15) is 0 Å². The zero-order valence-corrected chi connectivity index (χ0v) is 67.5. The van der Waals surface area contributed by atoms with Gasteiger partial charge in [-0.05, 0) is 154 Å². The van der Waals surface area contributed by atoms with Crippen LogP contribution in [0.2, 0.25) is 0 Å². The van der Waals surface area contributed by atoms with Crippen LogP contribution in [0.5, 0.6) is 0 Å². The number of rotatable bonds is 14. The number of para-hydroxylation sites is 6. The molecule has 0 saturated heterocycles. The Kier molecular flexibility index (Phi) is 18.1. The van der Waals surface area contributed by atoms with Gasteiger partial charge in [-0.2, -0.15) is 0 Å². The lowest BCUT2D eigenvalue weighted by Crippen LogP contribution is -1.96. The molecule has 124 heavy (non-hydrogen) atoms. The van der Waals surface area contributed by atoms with Gasteiger partial charge in [-0.3, -0.25) is 0 Å². The summed E-state index contributed by atoms with van der Waals surface area (Å²) in [6.45, 7) is 0. The highest BCUT2D eigenvalue weighted by Crippen LogP contribution is 2.45. The van der Waals surface area contributed by atoms with Gasteiger partial charge in [0, 0.05) is 99.2 Å². The van der Waals surface area contributed by atoms with E-state index in [-0.39, 0.29) is 0 Å². The van der Waals surface area contributed by atoms with Crippen molar-refractivity contribution in [3.63, 3.8) is 0 Å². The van der Waals surface area contributed by atoms with Gasteiger partial charge < -0.3 is 18.3 Å². The molecule has 18 aromatic carbocycles. The number of hydrogen-bond donors (Lipinski definition) is 0. The number of benzene rings is 18. The lowest BCUT2D eigenvalue weighted by atomic mass is 9.97. The van der Waals surface area contributed by atoms with E-state index in [4.69, 9.17) is 19.9 Å². The maximum absolute atomic E-state index is 5.08. The fourth-order valence-electron chi connectivity index (χ4n) is 18.6. The van der Waals surface area contributed by atoms with Crippen molar-refractivity contribution >= 4 is 87.2 Å². The average molecular weight is 1580 g/mol. The van der Waals surface area contributed by atoms with Gasteiger partial charge in [0.2, 0.25) is 0 Å². The van der Waals surface area contributed by atoms with Crippen molar-refractivity contribution < 1.29 is 0 Å². The van der Waals surface area contributed by atoms with Gasteiger partial charge in [0.25, 0.3) is 0 Å². The predicted molar refractivity (Wildman–Crippen MR) is 516 cm³/mol. The van der Waals surface area contributed by atoms with Crippen LogP contribution in [0.3, 0.4) is 0 Å². The Hall–Kier alpha value is -16.7. The normalized spacial score (nSPS) is 11.5. The molecule has 0 bridgehead atoms. The molecular formula is C116H76N8. The Bertz CT molecular complexity index is 7990. The first-order valence-electron chi connectivity index (χ1n) is 42.2. The molecule has 0 unspecified atom stereocenters. The third-order valence-corrected chi connectivity index (χ3v) is 24.3. The first kappa shape index (κ1) is 72.5. The molecule has 0 spiro atoms. The number of nitrogens with zero attached hydrogens (tertiary/aromatic N) is 8. The van der Waals surface area contributed by atoms with Crippen molar-refractivity contribution in [2.24, 2.45) is 0 Å². The Morgan fingerprint density at radius 1 is 0.137 bits per heavy atom. The molecule has 0 aliphatic rings. The van der Waals surface area contributed by atoms with E-state index in [2.05, 4.69) is 431 Å². The average Bonchev–Trinajstić information content (AvgIpc) is 1.59. The monoisotopic (exact) mass is 1580 g/mol. The van der Waals surface area contributed by atoms with Crippen molar-refractivity contribution in [2.45, 2.75) is 0 Å². The molecule has 0 saturated carbocycles. The first-order chi connectivity index (χ1) is 61.5. The van der Waals surface area contributed by atoms with E-state index in [0.717, 1.165) is 90.0 Å². The highest BCUT2D eigenvalue weighted by Gasteiger charge is 2.23. The predicted octanol–water partition coefficient (Wildman–Crippen LogP) is 30.0. The summed E-state index contributed by atoms with van der Waals surface area (Å²) in [5.74, 6) is 1.42. The molecule has 0 N–H and O–H groups in total. The Morgan fingerprint density at radius 3 is 0.742 bits per heavy atom. The SMILES string of the molecule is c1ccc(-c2cc(-c3ccc(-c4cccc5c4c4ccccc4n5-c4ccc(-c5ccc6c7ccccc7n(-c7ccccc7)c6c5)cc4)cc3)nc(-c3ccccc3)n2)cc1.c1ccc(-c2cc(-c3ccc(-c4cccc5c4c4ccccc4n5-c4ccc(-c5cccc6c5c5ccccc5n6-c5ccccc5)cc4)cc3)nc(-c3ccccc3)n2)cc1. The minimum atomic E-state index is 0.712. The van der Waals surface area contributed by atoms with E-state index in [1.54, 1.807) is 0 Å². The summed E-state index contributed by atoms with van der Waals surface area (Å²) in [6, 6.07) is 164. The van der Waals surface area contributed by atoms with E-state index >= 15 is 0 Å². The highest BCUT2D eigenvalue weighted by atomic mass is 15.0. The number of aromatic nitrogens is 8. The smallest absolute Gasteiger partial charge is 0.160 e. The molecule has 580 valence electrons. The van der Waals surface area contributed by atoms with Crippen LogP contribution >= 0.6 is 0 Å². The highest BCUT2D eigenvalue weighted by molar-refractivity contribution is 6.19. The summed E-state index contributed by atoms with van der Waals surface area (Å²) in [6.07, 6.45) is 0. The summed E-state index contributed by atoms with van der Waals surface area (Å²) < 4.78 is 9.57. The third-order valence-electron chi connectivity index (χ3n) is 24.3. The molecule has 8 nitrogen and oxygen atoms in total. The molecule has 0 aliphatic heterocycles. The summed E-state index contributed by atoms with van der Waals surface area (Å²) >= 11 is 0. The van der Waals surface area contributed by atoms with E-state index in [1.807, 2.05) is 48.5 Å². The van der Waals surface area contributed by atoms with E-state index in [0.29, 0.717) is 11.6 Å². The van der Waals surface area contributed by atoms with Gasteiger partial charge in [0.05, 0.1) is 66.9 Å². The molecule has 0 atom stereocenters. The van der Waals surface area contributed by atoms with E-state index in [1.165, 1.54) is 121 Å². The lowest BCUT2D eigenvalue weighted by Gasteiger charge is -2.12. The van der Waals surface area contributed by atoms with Crippen molar-refractivity contribution in [2.75, 3.05) is 0 Å². The summed E-state index contributed by atoms with van der Waals surface area (Å²) in [4.78, 5) is 20.1. The first-order valence-corrected chi connectivity index (χ1v) is 42.2. The minimum absolute atomic E-state index is 0.712. The zero-order chi connectivity index (χ0) is 82.0. The Morgan fingerprint density at radius 2 is 0.379 bits per heavy atom. The fraction of sp³-hybridized carbons (Fsp3) is 0. The Balaban J connectivity index is 0.000000143. The number of fused-ring (bicyclic) bond motifs is 12. The maximum atomic E-state index is 5.08. The molecular weight excluding hydrogens is 1510 g/mol. The molecule has 6 aromatic heterocycles. The minimum Gasteiger partial charge on any atom is -0.309 e. The molecule has 8 heteroatoms. The van der Waals surface area contributed by atoms with E-state index < -0.39 is 0 Å². The largest absolute Gasteiger partial charge is 0.309 e. The maximum Gasteiger partial charge on any atom is 0.160 e. The Labute approximate surface area is 716 Å². The standard InChI is InChI=1S/2C58H38N4/c1-4-16-41(17-5-1)50-38-51(60-58(59-50)43-18-6-2-7-19-43)42-32-30-39(31-33-42)46-24-14-29-55-56(46)49-23-11-13-27-53(49)62(55)45-36-34-40(35-37-45)47-25-15-28-54-57(47)48-22-10-12-26-52(48)61(54)44-20-8-3-9-21-44;1-4-15-41(16-5-1)51-38-52(60-58(59-51)43-17-6-2-7-18-43)42-29-27-40(28-30-42)47-23-14-26-55-57(47)50-22-11-13-25-54(50)61(55)46-34-31-39(32-35-46)44-33-36-49-48-21-10-12-24-53(48)62(56(49)37-44)45-19-8-3-9-20-45/h2*1-38H. The zero-order valence-electron chi connectivity index (χ0n) is 67.5. The van der Waals surface area contributed by atoms with Crippen LogP contribution in [0.15, 0.2) is 461 Å². The summed E-state index contributed by atoms with van der Waals surface area (Å²) in [5.41, 5.74) is 33.3. The van der Waals surface area contributed by atoms with Crippen molar-refractivity contribution in [3.8, 4) is 135 Å². The van der Waals surface area contributed by atoms with Crippen LogP contribution in [-0.2, 0) is 0 Å². The molecule has 0 aliphatic carbocycles. The second kappa shape index (κ2) is 30.9. The van der Waals surface area contributed by atoms with Crippen LogP contribution in [0.1, 0.15) is 0 Å². The van der Waals surface area contributed by atoms with Crippen LogP contribution < -0.4 is 0 Å². The quantitative estimate of drug-likeness (QED) is 0.109. The van der Waals surface area contributed by atoms with Crippen molar-refractivity contribution in [3.05, 3.63) is 461 Å². The van der Waals surface area contributed by atoms with Gasteiger partial charge >= 0.3 is 0 Å². The molecule has 6 heterocycles.